The van der Waals surface area contributed by atoms with E-state index >= 15 is 0 Å². The number of hydrogen-bond donors (Lipinski definition) is 0. The summed E-state index contributed by atoms with van der Waals surface area (Å²) in [7, 11) is 8.07. The number of aryl methyl sites for hydroxylation is 17. The normalized spacial score (nSPS) is 15.4. The molecular weight excluding hydrogens is 1240 g/mol. The number of benzene rings is 4. The van der Waals surface area contributed by atoms with Gasteiger partial charge in [0, 0.05) is 145 Å². The highest BCUT2D eigenvalue weighted by Crippen LogP contribution is 2.54. The number of hydrogen-bond acceptors (Lipinski definition) is 4. The standard InChI is InChI=1S/2C24H27N2.2C23H25N2/c1-14-11-22(26(7)13-16(14)3)19-12-21-20(10-15(19)2)18-9-8-17(4)25-23(18)24(21,5)6;1-7-17-10-11-26(6)22(13-17)19-14-21-20(12-15(19)2)18-9-8-16(3)25-23(18)24(21,4)5;1-14-7-10-21(25(6)13-14)18-12-20-19(11-15(18)2)17-9-8-16(3)24-22(17)23(20,4)5;1-14-9-10-25(6)21(11-14)18-13-20-19(12-15(18)2)17-8-7-16(3)24-22(17)23(20,4)5/h8-13H,1-7H3;8-14H,7H2,1-6H3;2*7-13H,1-6H3/q4*+1/i3D3;;1D3;. The lowest BCUT2D eigenvalue weighted by Crippen LogP contribution is -2.31. The van der Waals surface area contributed by atoms with Crippen molar-refractivity contribution in [2.24, 2.45) is 28.2 Å². The summed E-state index contributed by atoms with van der Waals surface area (Å²) in [6.07, 6.45) is 8.82. The van der Waals surface area contributed by atoms with Crippen molar-refractivity contribution in [1.82, 2.24) is 19.9 Å². The van der Waals surface area contributed by atoms with E-state index in [1.165, 1.54) is 134 Å². The van der Waals surface area contributed by atoms with Crippen molar-refractivity contribution in [3.05, 3.63) is 282 Å². The van der Waals surface area contributed by atoms with Gasteiger partial charge in [-0.25, -0.2) is 18.3 Å². The van der Waals surface area contributed by atoms with Crippen LogP contribution in [0.1, 0.15) is 188 Å². The second-order valence-corrected chi connectivity index (χ2v) is 31.6. The Morgan fingerprint density at radius 2 is 0.637 bits per heavy atom. The van der Waals surface area contributed by atoms with Crippen molar-refractivity contribution in [2.75, 3.05) is 0 Å². The number of rotatable bonds is 5. The molecule has 8 heteroatoms. The molecule has 8 heterocycles. The van der Waals surface area contributed by atoms with Gasteiger partial charge in [-0.1, -0.05) is 111 Å². The molecule has 0 unspecified atom stereocenters. The highest BCUT2D eigenvalue weighted by atomic mass is 14.9. The lowest BCUT2D eigenvalue weighted by atomic mass is 9.83. The van der Waals surface area contributed by atoms with Crippen LogP contribution in [-0.4, -0.2) is 19.9 Å². The molecule has 8 aromatic heterocycles. The van der Waals surface area contributed by atoms with Crippen LogP contribution >= 0.6 is 0 Å². The Morgan fingerprint density at radius 1 is 0.294 bits per heavy atom. The second kappa shape index (κ2) is 25.9. The molecule has 16 rings (SSSR count). The van der Waals surface area contributed by atoms with E-state index < -0.39 is 13.7 Å². The van der Waals surface area contributed by atoms with Crippen molar-refractivity contribution in [3.8, 4) is 89.5 Å². The Kier molecular flexibility index (Phi) is 16.0. The van der Waals surface area contributed by atoms with E-state index in [4.69, 9.17) is 28.2 Å². The van der Waals surface area contributed by atoms with Gasteiger partial charge in [0.2, 0.25) is 22.8 Å². The lowest BCUT2D eigenvalue weighted by Gasteiger charge is -2.21. The van der Waals surface area contributed by atoms with Crippen molar-refractivity contribution in [2.45, 2.75) is 173 Å². The minimum Gasteiger partial charge on any atom is -0.257 e. The molecule has 12 aromatic rings. The molecule has 0 radical (unpaired) electrons. The van der Waals surface area contributed by atoms with Gasteiger partial charge in [0.25, 0.3) is 0 Å². The van der Waals surface area contributed by atoms with Crippen LogP contribution in [0.4, 0.5) is 0 Å². The van der Waals surface area contributed by atoms with Crippen molar-refractivity contribution in [1.29, 1.82) is 0 Å². The molecule has 0 N–H and O–H groups in total. The molecule has 0 atom stereocenters. The Morgan fingerprint density at radius 3 is 0.990 bits per heavy atom. The van der Waals surface area contributed by atoms with Crippen LogP contribution in [0.2, 0.25) is 0 Å². The fourth-order valence-electron chi connectivity index (χ4n) is 16.4. The molecular formula is C94H104N8+4. The van der Waals surface area contributed by atoms with Gasteiger partial charge in [0.15, 0.2) is 24.8 Å². The average Bonchev–Trinajstić information content (AvgIpc) is 1.59. The van der Waals surface area contributed by atoms with Crippen molar-refractivity contribution >= 4 is 0 Å². The molecule has 4 aliphatic rings. The molecule has 0 saturated heterocycles. The zero-order chi connectivity index (χ0) is 78.3. The van der Waals surface area contributed by atoms with Gasteiger partial charge in [-0.15, -0.1) is 0 Å². The van der Waals surface area contributed by atoms with Gasteiger partial charge < -0.3 is 0 Å². The van der Waals surface area contributed by atoms with Gasteiger partial charge in [0.05, 0.1) is 22.8 Å². The summed E-state index contributed by atoms with van der Waals surface area (Å²) in [4.78, 5) is 19.5. The Balaban J connectivity index is 0.000000127. The summed E-state index contributed by atoms with van der Waals surface area (Å²) in [5.41, 5.74) is 42.5. The summed E-state index contributed by atoms with van der Waals surface area (Å²) in [6, 6.07) is 50.3. The van der Waals surface area contributed by atoms with E-state index in [1.807, 2.05) is 56.1 Å². The molecule has 0 amide bonds. The number of nitrogens with zero attached hydrogens (tertiary/aromatic N) is 8. The number of fused-ring (bicyclic) bond motifs is 12. The molecule has 8 nitrogen and oxygen atoms in total. The maximum Gasteiger partial charge on any atom is 0.212 e. The van der Waals surface area contributed by atoms with E-state index in [-0.39, 0.29) is 21.7 Å². The lowest BCUT2D eigenvalue weighted by molar-refractivity contribution is -0.660. The highest BCUT2D eigenvalue weighted by Gasteiger charge is 2.42. The summed E-state index contributed by atoms with van der Waals surface area (Å²) < 4.78 is 54.6. The number of aromatic nitrogens is 8. The largest absolute Gasteiger partial charge is 0.257 e. The Labute approximate surface area is 616 Å². The van der Waals surface area contributed by atoms with E-state index in [9.17, 15) is 0 Å². The van der Waals surface area contributed by atoms with E-state index in [0.717, 1.165) is 68.7 Å². The smallest absolute Gasteiger partial charge is 0.212 e. The van der Waals surface area contributed by atoms with Crippen LogP contribution in [0.5, 0.6) is 0 Å². The molecule has 0 bridgehead atoms. The molecule has 0 aliphatic heterocycles. The van der Waals surface area contributed by atoms with Gasteiger partial charge >= 0.3 is 0 Å². The topological polar surface area (TPSA) is 67.1 Å². The number of pyridine rings is 8. The Bertz CT molecular complexity index is 5710. The molecule has 0 saturated carbocycles. The summed E-state index contributed by atoms with van der Waals surface area (Å²) >= 11 is 0. The summed E-state index contributed by atoms with van der Waals surface area (Å²) in [5.74, 6) is 0. The van der Waals surface area contributed by atoms with Gasteiger partial charge in [-0.2, -0.15) is 0 Å². The summed E-state index contributed by atoms with van der Waals surface area (Å²) in [5, 5.41) is 0. The fourth-order valence-corrected chi connectivity index (χ4v) is 16.4. The maximum atomic E-state index is 7.78. The maximum absolute atomic E-state index is 7.78. The predicted octanol–water partition coefficient (Wildman–Crippen LogP) is 19.8. The second-order valence-electron chi connectivity index (χ2n) is 31.6. The molecule has 0 fully saturated rings. The first-order chi connectivity index (χ1) is 50.5. The van der Waals surface area contributed by atoms with Crippen LogP contribution in [0, 0.1) is 82.9 Å². The minimum absolute atomic E-state index is 0.0679. The third-order valence-corrected chi connectivity index (χ3v) is 22.5. The van der Waals surface area contributed by atoms with Crippen LogP contribution in [0.25, 0.3) is 89.5 Å². The average molecular weight is 1350 g/mol. The third-order valence-electron chi connectivity index (χ3n) is 22.5. The molecule has 0 spiro atoms. The van der Waals surface area contributed by atoms with E-state index in [0.29, 0.717) is 11.1 Å². The first-order valence-electron chi connectivity index (χ1n) is 39.0. The van der Waals surface area contributed by atoms with Crippen molar-refractivity contribution < 1.29 is 26.5 Å². The molecule has 4 aromatic carbocycles. The highest BCUT2D eigenvalue weighted by molar-refractivity contribution is 5.87. The van der Waals surface area contributed by atoms with E-state index in [2.05, 4.69) is 268 Å². The fraction of sp³-hybridized carbons (Fsp3) is 0.319. The molecule has 102 heavy (non-hydrogen) atoms. The minimum atomic E-state index is -2.11. The molecule has 4 aliphatic carbocycles. The quantitative estimate of drug-likeness (QED) is 0.161. The Hall–Kier alpha value is -9.92. The van der Waals surface area contributed by atoms with Crippen LogP contribution in [0.3, 0.4) is 0 Å². The monoisotopic (exact) mass is 1350 g/mol. The van der Waals surface area contributed by atoms with Gasteiger partial charge in [0.1, 0.15) is 28.2 Å². The SMILES string of the molecule is CCc1cc[n+](C)c(-c2cc3c(cc2C)-c2ccc(C)nc2C3(C)C)c1.Cc1cc[n+](C)c(-c2cc3c(cc2C)-c2ccc(C)nc2C3(C)C)c1.[2H]C([2H])([2H])c1c[n+](C)c(-c2cc3c(cc2C)-c2ccc(C)nc2C3(C)C)cc1C.[2H]C([2H])([2H])c1ccc(-c2cc3c(cc2C)-c2ccc(C)nc2C3(C)C)[n+](C)c1. The predicted molar refractivity (Wildman–Crippen MR) is 420 cm³/mol. The first kappa shape index (κ1) is 63.0. The zero-order valence-corrected chi connectivity index (χ0v) is 64.4. The molecule has 516 valence electrons. The first-order valence-corrected chi connectivity index (χ1v) is 36.0. The van der Waals surface area contributed by atoms with Crippen LogP contribution in [-0.2, 0) is 56.3 Å². The zero-order valence-electron chi connectivity index (χ0n) is 70.4. The third kappa shape index (κ3) is 12.1. The van der Waals surface area contributed by atoms with Gasteiger partial charge in [-0.05, 0) is 227 Å². The van der Waals surface area contributed by atoms with Crippen LogP contribution < -0.4 is 18.3 Å². The van der Waals surface area contributed by atoms with E-state index in [1.54, 1.807) is 18.5 Å². The summed E-state index contributed by atoms with van der Waals surface area (Å²) in [6.45, 7) is 37.0. The van der Waals surface area contributed by atoms with Gasteiger partial charge in [-0.3, -0.25) is 19.9 Å². The van der Waals surface area contributed by atoms with Crippen molar-refractivity contribution in [3.63, 3.8) is 0 Å². The van der Waals surface area contributed by atoms with Crippen LogP contribution in [0.15, 0.2) is 164 Å².